The van der Waals surface area contributed by atoms with Gasteiger partial charge in [0.05, 0.1) is 18.4 Å². The molecule has 0 saturated carbocycles. The lowest BCUT2D eigenvalue weighted by atomic mass is 10.2. The van der Waals surface area contributed by atoms with Crippen molar-refractivity contribution < 1.29 is 32.2 Å². The van der Waals surface area contributed by atoms with Crippen molar-refractivity contribution in [2.75, 3.05) is 24.4 Å². The van der Waals surface area contributed by atoms with Crippen LogP contribution < -0.4 is 20.1 Å². The number of anilines is 2. The quantitative estimate of drug-likeness (QED) is 0.799. The highest BCUT2D eigenvalue weighted by Crippen LogP contribution is 2.30. The van der Waals surface area contributed by atoms with Crippen LogP contribution in [0.5, 0.6) is 11.5 Å². The van der Waals surface area contributed by atoms with E-state index in [1.54, 1.807) is 12.1 Å². The lowest BCUT2D eigenvalue weighted by molar-refractivity contribution is -0.137. The van der Waals surface area contributed by atoms with Gasteiger partial charge in [-0.05, 0) is 42.5 Å². The standard InChI is InChI=1S/C18H17F3N2O4/c1-11(24)22-13-5-8-16(26-2)15(9-13)23-17(25)10-27-14-6-3-12(4-7-14)18(19,20)21/h3-9H,10H2,1-2H3,(H,22,24)(H,23,25). The van der Waals surface area contributed by atoms with Gasteiger partial charge in [0.25, 0.3) is 5.91 Å². The zero-order valence-corrected chi connectivity index (χ0v) is 14.5. The van der Waals surface area contributed by atoms with Crippen LogP contribution in [0.1, 0.15) is 12.5 Å². The molecule has 0 spiro atoms. The number of carbonyl (C=O) groups excluding carboxylic acids is 2. The van der Waals surface area contributed by atoms with Crippen molar-refractivity contribution in [2.24, 2.45) is 0 Å². The third-order valence-electron chi connectivity index (χ3n) is 3.35. The number of hydrogen-bond donors (Lipinski definition) is 2. The van der Waals surface area contributed by atoms with Gasteiger partial charge in [-0.3, -0.25) is 9.59 Å². The van der Waals surface area contributed by atoms with Gasteiger partial charge < -0.3 is 20.1 Å². The molecule has 0 saturated heterocycles. The molecule has 2 rings (SSSR count). The molecule has 0 aliphatic rings. The number of amides is 2. The van der Waals surface area contributed by atoms with Crippen LogP contribution in [-0.2, 0) is 15.8 Å². The summed E-state index contributed by atoms with van der Waals surface area (Å²) in [5, 5.41) is 5.14. The summed E-state index contributed by atoms with van der Waals surface area (Å²) in [7, 11) is 1.42. The predicted molar refractivity (Wildman–Crippen MR) is 92.9 cm³/mol. The van der Waals surface area contributed by atoms with Crippen LogP contribution in [0.15, 0.2) is 42.5 Å². The fraction of sp³-hybridized carbons (Fsp3) is 0.222. The van der Waals surface area contributed by atoms with E-state index in [9.17, 15) is 22.8 Å². The molecule has 9 heteroatoms. The Morgan fingerprint density at radius 1 is 1.04 bits per heavy atom. The molecule has 0 aliphatic heterocycles. The Morgan fingerprint density at radius 3 is 2.26 bits per heavy atom. The van der Waals surface area contributed by atoms with Gasteiger partial charge >= 0.3 is 6.18 Å². The van der Waals surface area contributed by atoms with Gasteiger partial charge in [0.2, 0.25) is 5.91 Å². The summed E-state index contributed by atoms with van der Waals surface area (Å²) < 4.78 is 47.9. The fourth-order valence-corrected chi connectivity index (χ4v) is 2.16. The summed E-state index contributed by atoms with van der Waals surface area (Å²) in [6.07, 6.45) is -4.44. The Bertz CT molecular complexity index is 820. The molecule has 0 atom stereocenters. The summed E-state index contributed by atoms with van der Waals surface area (Å²) >= 11 is 0. The molecular weight excluding hydrogens is 365 g/mol. The normalized spacial score (nSPS) is 10.9. The van der Waals surface area contributed by atoms with E-state index in [-0.39, 0.29) is 11.7 Å². The van der Waals surface area contributed by atoms with Crippen molar-refractivity contribution in [3.05, 3.63) is 48.0 Å². The highest BCUT2D eigenvalue weighted by molar-refractivity contribution is 5.95. The molecule has 0 aromatic heterocycles. The average Bonchev–Trinajstić information content (AvgIpc) is 2.59. The number of benzene rings is 2. The van der Waals surface area contributed by atoms with E-state index >= 15 is 0 Å². The monoisotopic (exact) mass is 382 g/mol. The zero-order chi connectivity index (χ0) is 20.0. The molecule has 2 N–H and O–H groups in total. The first kappa shape index (κ1) is 20.1. The van der Waals surface area contributed by atoms with Crippen LogP contribution in [0.25, 0.3) is 0 Å². The molecule has 0 unspecified atom stereocenters. The maximum Gasteiger partial charge on any atom is 0.416 e. The Morgan fingerprint density at radius 2 is 1.70 bits per heavy atom. The predicted octanol–water partition coefficient (Wildman–Crippen LogP) is 3.69. The van der Waals surface area contributed by atoms with Crippen molar-refractivity contribution in [1.82, 2.24) is 0 Å². The number of hydrogen-bond acceptors (Lipinski definition) is 4. The first-order valence-electron chi connectivity index (χ1n) is 7.74. The molecule has 27 heavy (non-hydrogen) atoms. The number of halogens is 3. The maximum atomic E-state index is 12.5. The van der Waals surface area contributed by atoms with Crippen molar-refractivity contribution in [1.29, 1.82) is 0 Å². The maximum absolute atomic E-state index is 12.5. The second-order valence-electron chi connectivity index (χ2n) is 5.46. The molecule has 0 heterocycles. The van der Waals surface area contributed by atoms with Crippen LogP contribution in [-0.4, -0.2) is 25.5 Å². The van der Waals surface area contributed by atoms with Gasteiger partial charge in [-0.2, -0.15) is 13.2 Å². The number of ether oxygens (including phenoxy) is 2. The minimum atomic E-state index is -4.44. The van der Waals surface area contributed by atoms with Crippen LogP contribution in [0.2, 0.25) is 0 Å². The third kappa shape index (κ3) is 5.91. The van der Waals surface area contributed by atoms with Crippen molar-refractivity contribution in [2.45, 2.75) is 13.1 Å². The summed E-state index contributed by atoms with van der Waals surface area (Å²) in [5.74, 6) is -0.333. The molecule has 2 aromatic rings. The lowest BCUT2D eigenvalue weighted by Crippen LogP contribution is -2.20. The van der Waals surface area contributed by atoms with Gasteiger partial charge in [0, 0.05) is 12.6 Å². The second-order valence-corrected chi connectivity index (χ2v) is 5.46. The number of methoxy groups -OCH3 is 1. The van der Waals surface area contributed by atoms with Crippen LogP contribution in [0.4, 0.5) is 24.5 Å². The molecular formula is C18H17F3N2O4. The van der Waals surface area contributed by atoms with Gasteiger partial charge in [0.15, 0.2) is 6.61 Å². The van der Waals surface area contributed by atoms with Crippen LogP contribution in [0.3, 0.4) is 0 Å². The van der Waals surface area contributed by atoms with E-state index in [0.29, 0.717) is 17.1 Å². The van der Waals surface area contributed by atoms with Gasteiger partial charge in [0.1, 0.15) is 11.5 Å². The molecule has 0 fully saturated rings. The minimum absolute atomic E-state index is 0.122. The summed E-state index contributed by atoms with van der Waals surface area (Å²) in [6.45, 7) is 0.930. The van der Waals surface area contributed by atoms with E-state index in [2.05, 4.69) is 10.6 Å². The molecule has 0 radical (unpaired) electrons. The average molecular weight is 382 g/mol. The highest BCUT2D eigenvalue weighted by Gasteiger charge is 2.30. The van der Waals surface area contributed by atoms with E-state index in [4.69, 9.17) is 9.47 Å². The summed E-state index contributed by atoms with van der Waals surface area (Å²) in [6, 6.07) is 8.69. The topological polar surface area (TPSA) is 76.7 Å². The van der Waals surface area contributed by atoms with Crippen LogP contribution >= 0.6 is 0 Å². The van der Waals surface area contributed by atoms with Crippen LogP contribution in [0, 0.1) is 0 Å². The Labute approximate surface area is 153 Å². The molecule has 2 aromatic carbocycles. The summed E-state index contributed by atoms with van der Waals surface area (Å²) in [5.41, 5.74) is -0.0362. The first-order chi connectivity index (χ1) is 12.7. The molecule has 0 bridgehead atoms. The van der Waals surface area contributed by atoms with Crippen molar-refractivity contribution >= 4 is 23.2 Å². The Balaban J connectivity index is 2.00. The Hall–Kier alpha value is -3.23. The fourth-order valence-electron chi connectivity index (χ4n) is 2.16. The van der Waals surface area contributed by atoms with Crippen molar-refractivity contribution in [3.63, 3.8) is 0 Å². The highest BCUT2D eigenvalue weighted by atomic mass is 19.4. The van der Waals surface area contributed by atoms with Crippen molar-refractivity contribution in [3.8, 4) is 11.5 Å². The first-order valence-corrected chi connectivity index (χ1v) is 7.74. The smallest absolute Gasteiger partial charge is 0.416 e. The molecule has 2 amide bonds. The Kier molecular flexibility index (Phi) is 6.27. The van der Waals surface area contributed by atoms with E-state index in [0.717, 1.165) is 24.3 Å². The van der Waals surface area contributed by atoms with E-state index in [1.807, 2.05) is 0 Å². The van der Waals surface area contributed by atoms with Gasteiger partial charge in [-0.15, -0.1) is 0 Å². The lowest BCUT2D eigenvalue weighted by Gasteiger charge is -2.13. The second kappa shape index (κ2) is 8.43. The zero-order valence-electron chi connectivity index (χ0n) is 14.5. The van der Waals surface area contributed by atoms with E-state index < -0.39 is 24.3 Å². The number of alkyl halides is 3. The molecule has 144 valence electrons. The van der Waals surface area contributed by atoms with E-state index in [1.165, 1.54) is 20.1 Å². The SMILES string of the molecule is COc1ccc(NC(C)=O)cc1NC(=O)COc1ccc(C(F)(F)F)cc1. The number of rotatable bonds is 6. The molecule has 6 nitrogen and oxygen atoms in total. The third-order valence-corrected chi connectivity index (χ3v) is 3.35. The van der Waals surface area contributed by atoms with Gasteiger partial charge in [-0.1, -0.05) is 0 Å². The minimum Gasteiger partial charge on any atom is -0.495 e. The largest absolute Gasteiger partial charge is 0.495 e. The number of carbonyl (C=O) groups is 2. The van der Waals surface area contributed by atoms with Gasteiger partial charge in [-0.25, -0.2) is 0 Å². The molecule has 0 aliphatic carbocycles. The number of nitrogens with one attached hydrogen (secondary N) is 2. The summed E-state index contributed by atoms with van der Waals surface area (Å²) in [4.78, 5) is 23.2.